The Kier molecular flexibility index (Phi) is 4.27. The zero-order chi connectivity index (χ0) is 17.4. The quantitative estimate of drug-likeness (QED) is 0.753. The third-order valence-corrected chi connectivity index (χ3v) is 5.34. The molecule has 25 heavy (non-hydrogen) atoms. The van der Waals surface area contributed by atoms with Crippen LogP contribution in [-0.4, -0.2) is 38.8 Å². The van der Waals surface area contributed by atoms with Gasteiger partial charge in [-0.2, -0.15) is 0 Å². The predicted molar refractivity (Wildman–Crippen MR) is 99.2 cm³/mol. The van der Waals surface area contributed by atoms with Gasteiger partial charge in [-0.15, -0.1) is 11.3 Å². The predicted octanol–water partition coefficient (Wildman–Crippen LogP) is 3.76. The van der Waals surface area contributed by atoms with Crippen molar-refractivity contribution >= 4 is 45.0 Å². The molecule has 0 saturated carbocycles. The summed E-state index contributed by atoms with van der Waals surface area (Å²) in [6, 6.07) is 3.67. The lowest BCUT2D eigenvalue weighted by atomic mass is 10.1. The summed E-state index contributed by atoms with van der Waals surface area (Å²) in [5.74, 6) is 0.406. The molecule has 1 aliphatic heterocycles. The van der Waals surface area contributed by atoms with Crippen LogP contribution in [0.2, 0.25) is 5.02 Å². The number of nitrogens with zero attached hydrogens (tertiary/aromatic N) is 4. The minimum Gasteiger partial charge on any atom is -0.348 e. The first-order valence-electron chi connectivity index (χ1n) is 8.03. The van der Waals surface area contributed by atoms with Crippen LogP contribution in [-0.2, 0) is 0 Å². The van der Waals surface area contributed by atoms with Crippen LogP contribution < -0.4 is 5.32 Å². The number of hydrogen-bond donors (Lipinski definition) is 1. The van der Waals surface area contributed by atoms with Crippen LogP contribution in [0.5, 0.6) is 0 Å². The monoisotopic (exact) mass is 373 g/mol. The molecule has 6 nitrogen and oxygen atoms in total. The molecule has 0 aromatic carbocycles. The summed E-state index contributed by atoms with van der Waals surface area (Å²) in [5.41, 5.74) is 2.18. The van der Waals surface area contributed by atoms with Crippen molar-refractivity contribution < 1.29 is 4.79 Å². The Morgan fingerprint density at radius 2 is 2.20 bits per heavy atom. The summed E-state index contributed by atoms with van der Waals surface area (Å²) in [5, 5.41) is 5.76. The zero-order valence-corrected chi connectivity index (χ0v) is 15.1. The van der Waals surface area contributed by atoms with Crippen LogP contribution in [0.3, 0.4) is 0 Å². The molecule has 1 amide bonds. The number of halogens is 1. The average molecular weight is 374 g/mol. The number of carbonyl (C=O) groups is 1. The summed E-state index contributed by atoms with van der Waals surface area (Å²) >= 11 is 7.50. The van der Waals surface area contributed by atoms with Gasteiger partial charge in [0.15, 0.2) is 5.69 Å². The van der Waals surface area contributed by atoms with Crippen LogP contribution in [0.15, 0.2) is 29.9 Å². The van der Waals surface area contributed by atoms with Gasteiger partial charge in [-0.3, -0.25) is 9.78 Å². The van der Waals surface area contributed by atoms with E-state index in [0.29, 0.717) is 16.7 Å². The third-order valence-electron chi connectivity index (χ3n) is 4.22. The minimum absolute atomic E-state index is 0.0266. The Bertz CT molecular complexity index is 940. The normalized spacial score (nSPS) is 15.0. The van der Waals surface area contributed by atoms with E-state index >= 15 is 0 Å². The lowest BCUT2D eigenvalue weighted by molar-refractivity contribution is 0.0648. The molecule has 4 rings (SSSR count). The van der Waals surface area contributed by atoms with E-state index in [1.54, 1.807) is 12.4 Å². The van der Waals surface area contributed by atoms with Crippen molar-refractivity contribution in [2.24, 2.45) is 0 Å². The third kappa shape index (κ3) is 3.17. The van der Waals surface area contributed by atoms with Gasteiger partial charge in [0, 0.05) is 25.5 Å². The maximum atomic E-state index is 12.7. The number of anilines is 1. The number of pyridine rings is 1. The molecule has 1 N–H and O–H groups in total. The number of likely N-dealkylation sites (tertiary alicyclic amines) is 1. The Balaban J connectivity index is 1.66. The van der Waals surface area contributed by atoms with Crippen LogP contribution in [0.25, 0.3) is 10.2 Å². The molecule has 1 fully saturated rings. The second kappa shape index (κ2) is 6.57. The van der Waals surface area contributed by atoms with E-state index in [9.17, 15) is 4.79 Å². The van der Waals surface area contributed by atoms with Gasteiger partial charge in [0.1, 0.15) is 0 Å². The molecule has 128 valence electrons. The maximum Gasteiger partial charge on any atom is 0.274 e. The molecule has 0 spiro atoms. The van der Waals surface area contributed by atoms with E-state index in [4.69, 9.17) is 11.6 Å². The number of nitrogens with one attached hydrogen (secondary N) is 1. The Hall–Kier alpha value is -2.25. The molecule has 4 heterocycles. The van der Waals surface area contributed by atoms with Crippen molar-refractivity contribution in [3.05, 3.63) is 46.2 Å². The van der Waals surface area contributed by atoms with Gasteiger partial charge in [-0.25, -0.2) is 9.97 Å². The first-order valence-corrected chi connectivity index (χ1v) is 9.29. The number of rotatable bonds is 4. The van der Waals surface area contributed by atoms with E-state index in [0.717, 1.165) is 35.3 Å². The number of hydrogen-bond acceptors (Lipinski definition) is 6. The van der Waals surface area contributed by atoms with E-state index in [1.807, 2.05) is 29.3 Å². The summed E-state index contributed by atoms with van der Waals surface area (Å²) in [6.45, 7) is 3.57. The molecule has 0 unspecified atom stereocenters. The first kappa shape index (κ1) is 16.2. The Morgan fingerprint density at radius 1 is 1.36 bits per heavy atom. The summed E-state index contributed by atoms with van der Waals surface area (Å²) in [6.07, 6.45) is 4.39. The number of aromatic nitrogens is 3. The van der Waals surface area contributed by atoms with Crippen LogP contribution >= 0.6 is 22.9 Å². The molecule has 0 radical (unpaired) electrons. The number of fused-ring (bicyclic) bond motifs is 1. The van der Waals surface area contributed by atoms with Gasteiger partial charge in [-0.05, 0) is 36.4 Å². The highest BCUT2D eigenvalue weighted by atomic mass is 35.5. The highest BCUT2D eigenvalue weighted by molar-refractivity contribution is 7.17. The highest BCUT2D eigenvalue weighted by Gasteiger charge is 2.26. The molecular weight excluding hydrogens is 358 g/mol. The number of amides is 1. The second-order valence-corrected chi connectivity index (χ2v) is 7.33. The molecule has 3 aromatic heterocycles. The largest absolute Gasteiger partial charge is 0.348 e. The first-order chi connectivity index (χ1) is 12.1. The van der Waals surface area contributed by atoms with Gasteiger partial charge >= 0.3 is 0 Å². The zero-order valence-electron chi connectivity index (χ0n) is 13.6. The lowest BCUT2D eigenvalue weighted by Crippen LogP contribution is -2.42. The van der Waals surface area contributed by atoms with Crippen LogP contribution in [0, 0.1) is 0 Å². The lowest BCUT2D eigenvalue weighted by Gasteiger charge is -2.30. The minimum atomic E-state index is -0.0887. The molecule has 0 aliphatic carbocycles. The fourth-order valence-corrected chi connectivity index (χ4v) is 3.68. The van der Waals surface area contributed by atoms with Gasteiger partial charge in [0.2, 0.25) is 5.95 Å². The van der Waals surface area contributed by atoms with Crippen molar-refractivity contribution in [3.63, 3.8) is 0 Å². The summed E-state index contributed by atoms with van der Waals surface area (Å²) in [4.78, 5) is 27.6. The van der Waals surface area contributed by atoms with Gasteiger partial charge < -0.3 is 10.2 Å². The van der Waals surface area contributed by atoms with Crippen LogP contribution in [0.4, 0.5) is 5.95 Å². The standard InChI is InChI=1S/C17H16ClN5OS/c1-10(11-7-12(18)9-19-8-11)20-17-21-13-3-6-25-15(13)14(22-17)16(24)23-4-2-5-23/h3,6-10H,2,4-5H2,1H3,(H,20,21,22)/t10-/m0/s1. The maximum absolute atomic E-state index is 12.7. The molecule has 3 aromatic rings. The van der Waals surface area contributed by atoms with Crippen molar-refractivity contribution in [3.8, 4) is 0 Å². The second-order valence-electron chi connectivity index (χ2n) is 5.98. The van der Waals surface area contributed by atoms with Crippen molar-refractivity contribution in [2.75, 3.05) is 18.4 Å². The molecule has 1 saturated heterocycles. The van der Waals surface area contributed by atoms with Gasteiger partial charge in [-0.1, -0.05) is 11.6 Å². The van der Waals surface area contributed by atoms with Gasteiger partial charge in [0.25, 0.3) is 5.91 Å². The Labute approximate surface area is 153 Å². The molecule has 1 atom stereocenters. The SMILES string of the molecule is C[C@H](Nc1nc(C(=O)N2CCC2)c2sccc2n1)c1cncc(Cl)c1. The van der Waals surface area contributed by atoms with E-state index in [-0.39, 0.29) is 11.9 Å². The molecule has 8 heteroatoms. The summed E-state index contributed by atoms with van der Waals surface area (Å²) in [7, 11) is 0. The average Bonchev–Trinajstić information content (AvgIpc) is 3.00. The van der Waals surface area contributed by atoms with Gasteiger partial charge in [0.05, 0.1) is 21.3 Å². The molecule has 0 bridgehead atoms. The highest BCUT2D eigenvalue weighted by Crippen LogP contribution is 2.27. The number of carbonyl (C=O) groups excluding carboxylic acids is 1. The smallest absolute Gasteiger partial charge is 0.274 e. The van der Waals surface area contributed by atoms with Crippen LogP contribution in [0.1, 0.15) is 35.4 Å². The topological polar surface area (TPSA) is 71.0 Å². The van der Waals surface area contributed by atoms with E-state index in [2.05, 4.69) is 20.3 Å². The fourth-order valence-electron chi connectivity index (χ4n) is 2.68. The summed E-state index contributed by atoms with van der Waals surface area (Å²) < 4.78 is 0.833. The molecule has 1 aliphatic rings. The van der Waals surface area contributed by atoms with E-state index in [1.165, 1.54) is 11.3 Å². The van der Waals surface area contributed by atoms with Crippen molar-refractivity contribution in [1.29, 1.82) is 0 Å². The molecular formula is C17H16ClN5OS. The van der Waals surface area contributed by atoms with Crippen molar-refractivity contribution in [2.45, 2.75) is 19.4 Å². The fraction of sp³-hybridized carbons (Fsp3) is 0.294. The Morgan fingerprint density at radius 3 is 2.92 bits per heavy atom. The number of thiophene rings is 1. The van der Waals surface area contributed by atoms with Crippen molar-refractivity contribution in [1.82, 2.24) is 19.9 Å². The van der Waals surface area contributed by atoms with E-state index < -0.39 is 0 Å².